The second-order valence-electron chi connectivity index (χ2n) is 23.1. The molecule has 0 radical (unpaired) electrons. The zero-order valence-corrected chi connectivity index (χ0v) is 51.7. The highest BCUT2D eigenvalue weighted by Gasteiger charge is 2.19. The Labute approximate surface area is 479 Å². The van der Waals surface area contributed by atoms with Crippen molar-refractivity contribution in [3.8, 4) is 0 Å². The second kappa shape index (κ2) is 65.9. The predicted octanol–water partition coefficient (Wildman–Crippen LogP) is 23.3. The highest BCUT2D eigenvalue weighted by Crippen LogP contribution is 2.18. The summed E-state index contributed by atoms with van der Waals surface area (Å²) in [5.41, 5.74) is 0. The summed E-state index contributed by atoms with van der Waals surface area (Å²) in [6.45, 7) is 6.58. The van der Waals surface area contributed by atoms with Crippen molar-refractivity contribution in [3.05, 3.63) is 48.6 Å². The normalized spacial score (nSPS) is 12.3. The van der Waals surface area contributed by atoms with E-state index in [1.165, 1.54) is 244 Å². The number of carbonyl (C=O) groups is 3. The van der Waals surface area contributed by atoms with Crippen LogP contribution in [0.3, 0.4) is 0 Å². The standard InChI is InChI=1S/C71H130O6/c1-4-7-10-13-16-19-22-25-28-31-33-34-35-36-38-40-43-46-49-52-55-58-61-64-70(73)76-67-68(66-75-69(72)63-60-57-54-51-48-45-42-39-30-27-24-21-18-15-12-9-6-3)77-71(74)65-62-59-56-53-50-47-44-41-37-32-29-26-23-20-17-14-11-8-5-2/h9,12,18,21,26-27,29-30,68H,4-8,10-11,13-17,19-20,22-25,28,31-67H2,1-3H3/b12-9-,21-18-,29-26-,30-27-. The number of hydrogen-bond donors (Lipinski definition) is 0. The molecule has 1 unspecified atom stereocenters. The summed E-state index contributed by atoms with van der Waals surface area (Å²) in [4.78, 5) is 38.4. The molecule has 0 fully saturated rings. The van der Waals surface area contributed by atoms with E-state index in [4.69, 9.17) is 14.2 Å². The van der Waals surface area contributed by atoms with Crippen molar-refractivity contribution in [3.63, 3.8) is 0 Å². The maximum absolute atomic E-state index is 12.9. The van der Waals surface area contributed by atoms with E-state index in [2.05, 4.69) is 69.4 Å². The molecule has 0 rings (SSSR count). The SMILES string of the molecule is CC/C=C\C/C=C\C/C=C\CCCCCCCCCC(=O)OCC(COC(=O)CCCCCCCCCCCCCCCCCCCCCCCCC)OC(=O)CCCCCCCCCCC/C=C\CCCCCCCC. The van der Waals surface area contributed by atoms with Crippen LogP contribution in [0.15, 0.2) is 48.6 Å². The van der Waals surface area contributed by atoms with Crippen molar-refractivity contribution in [1.29, 1.82) is 0 Å². The fourth-order valence-electron chi connectivity index (χ4n) is 10.2. The fraction of sp³-hybridized carbons (Fsp3) is 0.845. The van der Waals surface area contributed by atoms with Crippen LogP contribution in [0.4, 0.5) is 0 Å². The van der Waals surface area contributed by atoms with Gasteiger partial charge in [-0.2, -0.15) is 0 Å². The molecule has 0 bridgehead atoms. The Hall–Kier alpha value is -2.63. The van der Waals surface area contributed by atoms with Crippen LogP contribution in [0.25, 0.3) is 0 Å². The van der Waals surface area contributed by atoms with E-state index in [-0.39, 0.29) is 31.1 Å². The van der Waals surface area contributed by atoms with Gasteiger partial charge < -0.3 is 14.2 Å². The lowest BCUT2D eigenvalue weighted by atomic mass is 10.0. The molecule has 0 aromatic heterocycles. The number of ether oxygens (including phenoxy) is 3. The zero-order valence-electron chi connectivity index (χ0n) is 51.7. The minimum absolute atomic E-state index is 0.0729. The van der Waals surface area contributed by atoms with E-state index >= 15 is 0 Å². The Morgan fingerprint density at radius 1 is 0.273 bits per heavy atom. The molecule has 77 heavy (non-hydrogen) atoms. The first-order chi connectivity index (χ1) is 38.0. The van der Waals surface area contributed by atoms with Crippen LogP contribution in [0, 0.1) is 0 Å². The average Bonchev–Trinajstić information content (AvgIpc) is 3.43. The molecule has 0 aliphatic carbocycles. The molecule has 0 aromatic carbocycles. The third-order valence-electron chi connectivity index (χ3n) is 15.3. The number of allylic oxidation sites excluding steroid dienone is 8. The van der Waals surface area contributed by atoms with Crippen LogP contribution in [0.1, 0.15) is 367 Å². The molecule has 0 saturated heterocycles. The van der Waals surface area contributed by atoms with Crippen LogP contribution < -0.4 is 0 Å². The van der Waals surface area contributed by atoms with Gasteiger partial charge in [-0.25, -0.2) is 0 Å². The lowest BCUT2D eigenvalue weighted by molar-refractivity contribution is -0.167. The molecule has 0 aliphatic heterocycles. The summed E-state index contributed by atoms with van der Waals surface area (Å²) in [6, 6.07) is 0. The first-order valence-corrected chi connectivity index (χ1v) is 34.1. The van der Waals surface area contributed by atoms with Crippen LogP contribution in [0.5, 0.6) is 0 Å². The van der Waals surface area contributed by atoms with E-state index in [1.807, 2.05) is 0 Å². The third kappa shape index (κ3) is 64.1. The maximum atomic E-state index is 12.9. The minimum Gasteiger partial charge on any atom is -0.462 e. The molecule has 0 aliphatic rings. The number of esters is 3. The van der Waals surface area contributed by atoms with E-state index in [0.29, 0.717) is 19.3 Å². The predicted molar refractivity (Wildman–Crippen MR) is 335 cm³/mol. The van der Waals surface area contributed by atoms with Crippen molar-refractivity contribution >= 4 is 17.9 Å². The Morgan fingerprint density at radius 3 is 0.805 bits per heavy atom. The van der Waals surface area contributed by atoms with E-state index in [1.54, 1.807) is 0 Å². The van der Waals surface area contributed by atoms with Crippen LogP contribution in [-0.4, -0.2) is 37.2 Å². The first-order valence-electron chi connectivity index (χ1n) is 34.1. The van der Waals surface area contributed by atoms with Gasteiger partial charge in [0.1, 0.15) is 13.2 Å². The molecule has 450 valence electrons. The monoisotopic (exact) mass is 1080 g/mol. The highest BCUT2D eigenvalue weighted by atomic mass is 16.6. The molecule has 0 aromatic rings. The molecular formula is C71H130O6. The Kier molecular flexibility index (Phi) is 63.6. The van der Waals surface area contributed by atoms with Gasteiger partial charge in [0.05, 0.1) is 0 Å². The Balaban J connectivity index is 4.31. The molecule has 0 heterocycles. The quantitative estimate of drug-likeness (QED) is 0.0261. The lowest BCUT2D eigenvalue weighted by Crippen LogP contribution is -2.30. The lowest BCUT2D eigenvalue weighted by Gasteiger charge is -2.18. The minimum atomic E-state index is -0.778. The molecule has 0 saturated carbocycles. The van der Waals surface area contributed by atoms with Gasteiger partial charge in [0.15, 0.2) is 6.10 Å². The molecule has 6 nitrogen and oxygen atoms in total. The van der Waals surface area contributed by atoms with Crippen molar-refractivity contribution < 1.29 is 28.6 Å². The topological polar surface area (TPSA) is 78.9 Å². The summed E-state index contributed by atoms with van der Waals surface area (Å²) in [5, 5.41) is 0. The van der Waals surface area contributed by atoms with Gasteiger partial charge in [-0.3, -0.25) is 14.4 Å². The molecule has 1 atom stereocenters. The number of carbonyl (C=O) groups excluding carboxylic acids is 3. The molecular weight excluding hydrogens is 949 g/mol. The van der Waals surface area contributed by atoms with E-state index < -0.39 is 6.10 Å². The smallest absolute Gasteiger partial charge is 0.306 e. The molecule has 0 spiro atoms. The molecule has 0 amide bonds. The van der Waals surface area contributed by atoms with Gasteiger partial charge in [0.25, 0.3) is 0 Å². The van der Waals surface area contributed by atoms with Crippen molar-refractivity contribution in [2.75, 3.05) is 13.2 Å². The van der Waals surface area contributed by atoms with Crippen molar-refractivity contribution in [1.82, 2.24) is 0 Å². The van der Waals surface area contributed by atoms with Crippen LogP contribution in [-0.2, 0) is 28.6 Å². The average molecular weight is 1080 g/mol. The second-order valence-corrected chi connectivity index (χ2v) is 23.1. The summed E-state index contributed by atoms with van der Waals surface area (Å²) in [7, 11) is 0. The largest absolute Gasteiger partial charge is 0.462 e. The molecule has 6 heteroatoms. The summed E-state index contributed by atoms with van der Waals surface area (Å²) >= 11 is 0. The number of hydrogen-bond acceptors (Lipinski definition) is 6. The van der Waals surface area contributed by atoms with Crippen molar-refractivity contribution in [2.45, 2.75) is 374 Å². The maximum Gasteiger partial charge on any atom is 0.306 e. The summed E-state index contributed by atoms with van der Waals surface area (Å²) in [6.07, 6.45) is 82.7. The van der Waals surface area contributed by atoms with Crippen molar-refractivity contribution in [2.24, 2.45) is 0 Å². The summed E-state index contributed by atoms with van der Waals surface area (Å²) in [5.74, 6) is -0.860. The van der Waals surface area contributed by atoms with Gasteiger partial charge in [0, 0.05) is 19.3 Å². The van der Waals surface area contributed by atoms with E-state index in [0.717, 1.165) is 83.5 Å². The Morgan fingerprint density at radius 2 is 0.506 bits per heavy atom. The third-order valence-corrected chi connectivity index (χ3v) is 15.3. The van der Waals surface area contributed by atoms with Gasteiger partial charge in [-0.05, 0) is 77.0 Å². The molecule has 0 N–H and O–H groups in total. The van der Waals surface area contributed by atoms with Gasteiger partial charge in [0.2, 0.25) is 0 Å². The van der Waals surface area contributed by atoms with Crippen LogP contribution in [0.2, 0.25) is 0 Å². The zero-order chi connectivity index (χ0) is 55.7. The van der Waals surface area contributed by atoms with Gasteiger partial charge in [-0.1, -0.05) is 320 Å². The summed E-state index contributed by atoms with van der Waals surface area (Å²) < 4.78 is 17.0. The van der Waals surface area contributed by atoms with Gasteiger partial charge in [-0.15, -0.1) is 0 Å². The first kappa shape index (κ1) is 74.4. The fourth-order valence-corrected chi connectivity index (χ4v) is 10.2. The number of unbranched alkanes of at least 4 members (excludes halogenated alkanes) is 44. The highest BCUT2D eigenvalue weighted by molar-refractivity contribution is 5.71. The van der Waals surface area contributed by atoms with E-state index in [9.17, 15) is 14.4 Å². The number of rotatable bonds is 63. The Bertz CT molecular complexity index is 1330. The van der Waals surface area contributed by atoms with Gasteiger partial charge >= 0.3 is 17.9 Å². The van der Waals surface area contributed by atoms with Crippen LogP contribution >= 0.6 is 0 Å².